The third kappa shape index (κ3) is 5.09. The van der Waals surface area contributed by atoms with E-state index in [-0.39, 0.29) is 28.8 Å². The lowest BCUT2D eigenvalue weighted by Gasteiger charge is -2.18. The topological polar surface area (TPSA) is 105 Å². The fourth-order valence-electron chi connectivity index (χ4n) is 3.88. The Labute approximate surface area is 203 Å². The number of carboxylic acid groups (broad SMARTS) is 1. The molecule has 0 aromatic heterocycles. The average Bonchev–Trinajstić information content (AvgIpc) is 3.16. The van der Waals surface area contributed by atoms with Crippen LogP contribution in [0.15, 0.2) is 66.7 Å². The Bertz CT molecular complexity index is 1270. The smallest absolute Gasteiger partial charge is 0.407 e. The number of carboxylic acids is 1. The van der Waals surface area contributed by atoms with Gasteiger partial charge in [0, 0.05) is 5.92 Å². The largest absolute Gasteiger partial charge is 0.478 e. The molecule has 0 fully saturated rings. The van der Waals surface area contributed by atoms with E-state index < -0.39 is 30.4 Å². The predicted octanol–water partition coefficient (Wildman–Crippen LogP) is 5.15. The molecule has 3 aromatic carbocycles. The van der Waals surface area contributed by atoms with E-state index in [1.54, 1.807) is 0 Å². The number of nitrogens with one attached hydrogen (secondary N) is 2. The van der Waals surface area contributed by atoms with Gasteiger partial charge in [-0.25, -0.2) is 9.59 Å². The number of rotatable bonds is 7. The van der Waals surface area contributed by atoms with Crippen LogP contribution in [-0.4, -0.2) is 42.2 Å². The molecule has 0 heterocycles. The van der Waals surface area contributed by atoms with Crippen LogP contribution in [0.5, 0.6) is 0 Å². The van der Waals surface area contributed by atoms with Crippen molar-refractivity contribution in [2.45, 2.75) is 11.8 Å². The number of fused-ring (bicyclic) bond motifs is 3. The summed E-state index contributed by atoms with van der Waals surface area (Å²) < 4.78 is 33.9. The number of anilines is 1. The van der Waals surface area contributed by atoms with Gasteiger partial charge in [-0.3, -0.25) is 4.79 Å². The van der Waals surface area contributed by atoms with Crippen LogP contribution in [0.25, 0.3) is 11.1 Å². The first-order chi connectivity index (χ1) is 16.7. The van der Waals surface area contributed by atoms with Gasteiger partial charge in [0.05, 0.1) is 22.8 Å². The van der Waals surface area contributed by atoms with Crippen LogP contribution in [0.1, 0.15) is 27.4 Å². The molecule has 0 spiro atoms. The monoisotopic (exact) mass is 500 g/mol. The zero-order valence-corrected chi connectivity index (χ0v) is 18.8. The molecule has 0 unspecified atom stereocenters. The van der Waals surface area contributed by atoms with E-state index in [0.29, 0.717) is 0 Å². The van der Waals surface area contributed by atoms with Crippen LogP contribution in [0.2, 0.25) is 5.02 Å². The van der Waals surface area contributed by atoms with Crippen molar-refractivity contribution in [3.05, 3.63) is 88.4 Å². The van der Waals surface area contributed by atoms with Crippen molar-refractivity contribution in [3.63, 3.8) is 0 Å². The molecule has 10 heteroatoms. The maximum absolute atomic E-state index is 14.3. The predicted molar refractivity (Wildman–Crippen MR) is 125 cm³/mol. The van der Waals surface area contributed by atoms with Crippen LogP contribution in [0.4, 0.5) is 19.3 Å². The highest BCUT2D eigenvalue weighted by atomic mass is 35.5. The second-order valence-corrected chi connectivity index (χ2v) is 8.24. The minimum Gasteiger partial charge on any atom is -0.478 e. The zero-order chi connectivity index (χ0) is 25.2. The van der Waals surface area contributed by atoms with Crippen molar-refractivity contribution in [1.29, 1.82) is 0 Å². The maximum Gasteiger partial charge on any atom is 0.407 e. The van der Waals surface area contributed by atoms with Crippen molar-refractivity contribution in [3.8, 4) is 11.1 Å². The summed E-state index contributed by atoms with van der Waals surface area (Å²) in [6, 6.07) is 18.6. The Morgan fingerprint density at radius 3 is 2.17 bits per heavy atom. The molecule has 7 nitrogen and oxygen atoms in total. The van der Waals surface area contributed by atoms with Crippen molar-refractivity contribution in [2.75, 3.05) is 18.5 Å². The third-order valence-electron chi connectivity index (χ3n) is 5.59. The molecule has 35 heavy (non-hydrogen) atoms. The first-order valence-electron chi connectivity index (χ1n) is 10.5. The lowest BCUT2D eigenvalue weighted by atomic mass is 9.98. The molecule has 0 saturated heterocycles. The molecule has 180 valence electrons. The number of aromatic carboxylic acids is 1. The van der Waals surface area contributed by atoms with E-state index in [9.17, 15) is 23.2 Å². The molecule has 1 aliphatic carbocycles. The maximum atomic E-state index is 14.3. The number of carbonyl (C=O) groups excluding carboxylic acids is 2. The highest BCUT2D eigenvalue weighted by molar-refractivity contribution is 6.34. The number of benzene rings is 3. The molecule has 0 saturated carbocycles. The summed E-state index contributed by atoms with van der Waals surface area (Å²) in [4.78, 5) is 35.3. The van der Waals surface area contributed by atoms with Gasteiger partial charge in [-0.1, -0.05) is 60.1 Å². The summed E-state index contributed by atoms with van der Waals surface area (Å²) in [6.07, 6.45) is -1.11. The van der Waals surface area contributed by atoms with E-state index in [1.165, 1.54) is 0 Å². The lowest BCUT2D eigenvalue weighted by molar-refractivity contribution is -0.138. The molecule has 0 aliphatic heterocycles. The average molecular weight is 501 g/mol. The van der Waals surface area contributed by atoms with Crippen LogP contribution in [0.3, 0.4) is 0 Å². The standard InChI is InChI=1S/C25H19ClF2N2O5/c26-20-10-9-14(22(31)32)11-21(20)30-23(33)25(27,28)13-29-24(34)35-12-19-17-7-3-1-5-15(17)16-6-2-4-8-18(16)19/h1-11,19H,12-13H2,(H,29,34)(H,30,33)(H,31,32). The SMILES string of the molecule is O=C(NCC(F)(F)C(=O)Nc1cc(C(=O)O)ccc1Cl)OCC1c2ccccc2-c2ccccc21. The molecular weight excluding hydrogens is 482 g/mol. The number of alkyl carbamates (subject to hydrolysis) is 1. The number of hydrogen-bond donors (Lipinski definition) is 3. The normalized spacial score (nSPS) is 12.4. The second kappa shape index (κ2) is 9.71. The number of carbonyl (C=O) groups is 3. The van der Waals surface area contributed by atoms with Crippen molar-refractivity contribution in [2.24, 2.45) is 0 Å². The molecule has 1 aliphatic rings. The van der Waals surface area contributed by atoms with E-state index in [1.807, 2.05) is 59.2 Å². The Morgan fingerprint density at radius 1 is 0.971 bits per heavy atom. The van der Waals surface area contributed by atoms with E-state index in [2.05, 4.69) is 0 Å². The minimum atomic E-state index is -4.02. The van der Waals surface area contributed by atoms with Gasteiger partial charge in [0.25, 0.3) is 5.91 Å². The molecule has 0 radical (unpaired) electrons. The van der Waals surface area contributed by atoms with Gasteiger partial charge >= 0.3 is 18.0 Å². The number of alkyl halides is 2. The van der Waals surface area contributed by atoms with Crippen LogP contribution >= 0.6 is 11.6 Å². The molecule has 3 N–H and O–H groups in total. The first-order valence-corrected chi connectivity index (χ1v) is 10.9. The molecule has 0 bridgehead atoms. The molecule has 0 atom stereocenters. The van der Waals surface area contributed by atoms with Gasteiger partial charge in [-0.2, -0.15) is 8.78 Å². The van der Waals surface area contributed by atoms with Crippen molar-refractivity contribution in [1.82, 2.24) is 5.32 Å². The summed E-state index contributed by atoms with van der Waals surface area (Å²) in [7, 11) is 0. The molecule has 3 aromatic rings. The number of ether oxygens (including phenoxy) is 1. The summed E-state index contributed by atoms with van der Waals surface area (Å²) in [5, 5.41) is 12.7. The minimum absolute atomic E-state index is 0.0742. The van der Waals surface area contributed by atoms with Gasteiger partial charge in [0.15, 0.2) is 0 Å². The lowest BCUT2D eigenvalue weighted by Crippen LogP contribution is -2.45. The Hall–Kier alpha value is -3.98. The third-order valence-corrected chi connectivity index (χ3v) is 5.92. The second-order valence-electron chi connectivity index (χ2n) is 7.84. The van der Waals surface area contributed by atoms with Gasteiger partial charge < -0.3 is 20.5 Å². The summed E-state index contributed by atoms with van der Waals surface area (Å²) in [6.45, 7) is -1.40. The number of amides is 2. The van der Waals surface area contributed by atoms with Gasteiger partial charge in [0.1, 0.15) is 6.61 Å². The van der Waals surface area contributed by atoms with Gasteiger partial charge in [-0.15, -0.1) is 0 Å². The highest BCUT2D eigenvalue weighted by Gasteiger charge is 2.40. The Balaban J connectivity index is 1.35. The van der Waals surface area contributed by atoms with Gasteiger partial charge in [0.2, 0.25) is 0 Å². The fourth-order valence-corrected chi connectivity index (χ4v) is 4.05. The van der Waals surface area contributed by atoms with Crippen LogP contribution in [0, 0.1) is 0 Å². The van der Waals surface area contributed by atoms with Crippen LogP contribution in [-0.2, 0) is 9.53 Å². The fraction of sp³-hybridized carbons (Fsp3) is 0.160. The number of hydrogen-bond acceptors (Lipinski definition) is 4. The number of halogens is 3. The van der Waals surface area contributed by atoms with Crippen LogP contribution < -0.4 is 10.6 Å². The zero-order valence-electron chi connectivity index (χ0n) is 18.1. The first kappa shape index (κ1) is 24.2. The van der Waals surface area contributed by atoms with Crippen molar-refractivity contribution < 1.29 is 33.0 Å². The summed E-state index contributed by atoms with van der Waals surface area (Å²) >= 11 is 5.86. The Morgan fingerprint density at radius 2 is 1.57 bits per heavy atom. The van der Waals surface area contributed by atoms with E-state index in [4.69, 9.17) is 21.4 Å². The van der Waals surface area contributed by atoms with Crippen molar-refractivity contribution >= 4 is 35.3 Å². The van der Waals surface area contributed by atoms with E-state index >= 15 is 0 Å². The molecule has 2 amide bonds. The molecule has 4 rings (SSSR count). The highest BCUT2D eigenvalue weighted by Crippen LogP contribution is 2.44. The van der Waals surface area contributed by atoms with E-state index in [0.717, 1.165) is 40.5 Å². The Kier molecular flexibility index (Phi) is 6.70. The summed E-state index contributed by atoms with van der Waals surface area (Å²) in [5.74, 6) is -7.35. The quantitative estimate of drug-likeness (QED) is 0.416. The van der Waals surface area contributed by atoms with Gasteiger partial charge in [-0.05, 0) is 40.5 Å². The summed E-state index contributed by atoms with van der Waals surface area (Å²) in [5.41, 5.74) is 3.43. The molecular formula is C25H19ClF2N2O5.